The molecule has 8 nitrogen and oxygen atoms in total. The summed E-state index contributed by atoms with van der Waals surface area (Å²) in [5, 5.41) is 11.4. The predicted octanol–water partition coefficient (Wildman–Crippen LogP) is -0.564. The largest absolute Gasteiger partial charge is 0.480 e. The number of hydrogen-bond donors (Lipinski definition) is 4. The molecular weight excluding hydrogens is 254 g/mol. The molecule has 0 saturated carbocycles. The highest BCUT2D eigenvalue weighted by Gasteiger charge is 2.34. The summed E-state index contributed by atoms with van der Waals surface area (Å²) < 4.78 is 0. The van der Waals surface area contributed by atoms with Gasteiger partial charge in [-0.1, -0.05) is 13.3 Å². The van der Waals surface area contributed by atoms with E-state index in [-0.39, 0.29) is 12.1 Å². The van der Waals surface area contributed by atoms with Gasteiger partial charge in [-0.25, -0.2) is 9.59 Å². The maximum absolute atomic E-state index is 11.8. The highest BCUT2D eigenvalue weighted by Crippen LogP contribution is 2.13. The number of hydrogen-bond acceptors (Lipinski definition) is 4. The third kappa shape index (κ3) is 3.54. The van der Waals surface area contributed by atoms with Gasteiger partial charge in [-0.15, -0.1) is 0 Å². The first kappa shape index (κ1) is 14.7. The Balaban J connectivity index is 3.04. The molecule has 0 aliphatic carbocycles. The third-order valence-corrected chi connectivity index (χ3v) is 2.62. The number of carboxylic acids is 1. The minimum Gasteiger partial charge on any atom is -0.480 e. The summed E-state index contributed by atoms with van der Waals surface area (Å²) in [7, 11) is 0. The van der Waals surface area contributed by atoms with Gasteiger partial charge in [-0.2, -0.15) is 0 Å². The normalized spacial score (nSPS) is 13.6. The third-order valence-electron chi connectivity index (χ3n) is 2.62. The van der Waals surface area contributed by atoms with Gasteiger partial charge in [0.05, 0.1) is 0 Å². The van der Waals surface area contributed by atoms with Crippen LogP contribution in [-0.4, -0.2) is 32.5 Å². The van der Waals surface area contributed by atoms with Crippen molar-refractivity contribution < 1.29 is 14.7 Å². The number of carbonyl (C=O) groups is 2. The van der Waals surface area contributed by atoms with Crippen molar-refractivity contribution in [3.05, 3.63) is 32.6 Å². The van der Waals surface area contributed by atoms with Gasteiger partial charge < -0.3 is 15.4 Å². The van der Waals surface area contributed by atoms with Crippen molar-refractivity contribution >= 4 is 11.9 Å². The number of amides is 1. The summed E-state index contributed by atoms with van der Waals surface area (Å²) in [5.41, 5.74) is -3.30. The molecule has 0 aliphatic heterocycles. The number of carboxylic acid groups (broad SMARTS) is 1. The number of aromatic nitrogens is 2. The number of carbonyl (C=O) groups excluding carboxylic acids is 1. The minimum atomic E-state index is -1.45. The van der Waals surface area contributed by atoms with E-state index in [4.69, 9.17) is 5.11 Å². The van der Waals surface area contributed by atoms with E-state index in [1.165, 1.54) is 6.92 Å². The molecule has 1 aromatic heterocycles. The molecule has 1 amide bonds. The number of rotatable bonds is 5. The van der Waals surface area contributed by atoms with E-state index < -0.39 is 28.7 Å². The highest BCUT2D eigenvalue weighted by atomic mass is 16.4. The van der Waals surface area contributed by atoms with Crippen LogP contribution in [0.15, 0.2) is 15.7 Å². The molecular formula is C11H15N3O5. The van der Waals surface area contributed by atoms with Crippen LogP contribution in [0.2, 0.25) is 0 Å². The molecule has 1 aromatic rings. The fourth-order valence-electron chi connectivity index (χ4n) is 1.63. The Morgan fingerprint density at radius 3 is 2.47 bits per heavy atom. The van der Waals surface area contributed by atoms with Gasteiger partial charge in [0.1, 0.15) is 11.2 Å². The number of nitrogens with one attached hydrogen (secondary N) is 3. The van der Waals surface area contributed by atoms with Crippen LogP contribution in [0.1, 0.15) is 37.2 Å². The minimum absolute atomic E-state index is 0.224. The zero-order valence-corrected chi connectivity index (χ0v) is 10.6. The summed E-state index contributed by atoms with van der Waals surface area (Å²) in [6.07, 6.45) is 0.774. The van der Waals surface area contributed by atoms with Crippen LogP contribution in [-0.2, 0) is 4.79 Å². The lowest BCUT2D eigenvalue weighted by atomic mass is 9.96. The maximum atomic E-state index is 11.8. The van der Waals surface area contributed by atoms with Crippen molar-refractivity contribution in [1.82, 2.24) is 15.3 Å². The van der Waals surface area contributed by atoms with Crippen LogP contribution in [0, 0.1) is 0 Å². The number of aliphatic carboxylic acids is 1. The number of aromatic amines is 2. The van der Waals surface area contributed by atoms with Crippen LogP contribution in [0.4, 0.5) is 0 Å². The van der Waals surface area contributed by atoms with Gasteiger partial charge >= 0.3 is 11.7 Å². The zero-order valence-electron chi connectivity index (χ0n) is 10.6. The molecule has 4 N–H and O–H groups in total. The van der Waals surface area contributed by atoms with Gasteiger partial charge in [0, 0.05) is 6.07 Å². The Morgan fingerprint density at radius 1 is 1.37 bits per heavy atom. The Bertz CT molecular complexity index is 575. The quantitative estimate of drug-likeness (QED) is 0.568. The molecule has 104 valence electrons. The molecule has 1 atom stereocenters. The molecule has 0 bridgehead atoms. The second-order valence-electron chi connectivity index (χ2n) is 4.34. The number of H-pyrrole nitrogens is 2. The van der Waals surface area contributed by atoms with Crippen molar-refractivity contribution in [3.8, 4) is 0 Å². The van der Waals surface area contributed by atoms with Crippen LogP contribution in [0.3, 0.4) is 0 Å². The lowest BCUT2D eigenvalue weighted by molar-refractivity contribution is -0.144. The first-order chi connectivity index (χ1) is 8.78. The zero-order chi connectivity index (χ0) is 14.6. The van der Waals surface area contributed by atoms with Crippen LogP contribution in [0.25, 0.3) is 0 Å². The average molecular weight is 269 g/mol. The van der Waals surface area contributed by atoms with Gasteiger partial charge in [-0.3, -0.25) is 14.6 Å². The molecule has 0 aliphatic rings. The monoisotopic (exact) mass is 269 g/mol. The van der Waals surface area contributed by atoms with Gasteiger partial charge in [-0.05, 0) is 13.3 Å². The molecule has 0 aromatic carbocycles. The highest BCUT2D eigenvalue weighted by molar-refractivity contribution is 5.96. The summed E-state index contributed by atoms with van der Waals surface area (Å²) in [5.74, 6) is -2.00. The Morgan fingerprint density at radius 2 is 2.00 bits per heavy atom. The summed E-state index contributed by atoms with van der Waals surface area (Å²) in [6, 6.07) is 0.894. The molecule has 0 fully saturated rings. The second-order valence-corrected chi connectivity index (χ2v) is 4.34. The fraction of sp³-hybridized carbons (Fsp3) is 0.455. The smallest absolute Gasteiger partial charge is 0.329 e. The van der Waals surface area contributed by atoms with Crippen molar-refractivity contribution in [2.24, 2.45) is 0 Å². The molecule has 1 rings (SSSR count). The second kappa shape index (κ2) is 5.51. The van der Waals surface area contributed by atoms with E-state index >= 15 is 0 Å². The molecule has 1 heterocycles. The summed E-state index contributed by atoms with van der Waals surface area (Å²) >= 11 is 0. The van der Waals surface area contributed by atoms with Crippen molar-refractivity contribution in [2.45, 2.75) is 32.2 Å². The lowest BCUT2D eigenvalue weighted by Crippen LogP contribution is -2.52. The van der Waals surface area contributed by atoms with Crippen molar-refractivity contribution in [3.63, 3.8) is 0 Å². The van der Waals surface area contributed by atoms with Crippen LogP contribution in [0.5, 0.6) is 0 Å². The van der Waals surface area contributed by atoms with Crippen LogP contribution < -0.4 is 16.6 Å². The van der Waals surface area contributed by atoms with E-state index in [0.717, 1.165) is 6.07 Å². The van der Waals surface area contributed by atoms with E-state index in [9.17, 15) is 19.2 Å². The molecule has 0 saturated heterocycles. The molecule has 0 spiro atoms. The van der Waals surface area contributed by atoms with E-state index in [1.54, 1.807) is 6.92 Å². The van der Waals surface area contributed by atoms with Gasteiger partial charge in [0.2, 0.25) is 0 Å². The first-order valence-corrected chi connectivity index (χ1v) is 5.68. The van der Waals surface area contributed by atoms with Crippen molar-refractivity contribution in [1.29, 1.82) is 0 Å². The van der Waals surface area contributed by atoms with Crippen molar-refractivity contribution in [2.75, 3.05) is 0 Å². The van der Waals surface area contributed by atoms with Gasteiger partial charge in [0.15, 0.2) is 0 Å². The van der Waals surface area contributed by atoms with Gasteiger partial charge in [0.25, 0.3) is 11.5 Å². The van der Waals surface area contributed by atoms with E-state index in [2.05, 4.69) is 10.3 Å². The maximum Gasteiger partial charge on any atom is 0.329 e. The van der Waals surface area contributed by atoms with E-state index in [1.807, 2.05) is 4.98 Å². The van der Waals surface area contributed by atoms with Crippen LogP contribution >= 0.6 is 0 Å². The summed E-state index contributed by atoms with van der Waals surface area (Å²) in [6.45, 7) is 3.14. The standard InChI is InChI=1S/C11H15N3O5/c1-3-4-11(2,9(17)18)14-8(16)6-5-7(15)13-10(19)12-6/h5H,3-4H2,1-2H3,(H,14,16)(H,17,18)(H2,12,13,15,19). The average Bonchev–Trinajstić information content (AvgIpc) is 2.27. The Hall–Kier alpha value is -2.38. The molecule has 19 heavy (non-hydrogen) atoms. The molecule has 8 heteroatoms. The SMILES string of the molecule is CCCC(C)(NC(=O)c1cc(=O)[nH]c(=O)[nH]1)C(=O)O. The first-order valence-electron chi connectivity index (χ1n) is 5.68. The fourth-order valence-corrected chi connectivity index (χ4v) is 1.63. The van der Waals surface area contributed by atoms with E-state index in [0.29, 0.717) is 6.42 Å². The molecule has 0 radical (unpaired) electrons. The summed E-state index contributed by atoms with van der Waals surface area (Å²) in [4.78, 5) is 49.2. The lowest BCUT2D eigenvalue weighted by Gasteiger charge is -2.25. The Labute approximate surface area is 107 Å². The Kier molecular flexibility index (Phi) is 4.26. The predicted molar refractivity (Wildman–Crippen MR) is 66.1 cm³/mol. The topological polar surface area (TPSA) is 132 Å². The molecule has 1 unspecified atom stereocenters.